The summed E-state index contributed by atoms with van der Waals surface area (Å²) in [6, 6.07) is 11.6. The van der Waals surface area contributed by atoms with E-state index in [1.54, 1.807) is 0 Å². The summed E-state index contributed by atoms with van der Waals surface area (Å²) in [5.74, 6) is -0.0230. The zero-order chi connectivity index (χ0) is 21.0. The minimum absolute atomic E-state index is 0.181. The summed E-state index contributed by atoms with van der Waals surface area (Å²) in [6.45, 7) is -0.315. The smallest absolute Gasteiger partial charge is 0.264 e. The van der Waals surface area contributed by atoms with Crippen LogP contribution in [0.3, 0.4) is 0 Å². The molecule has 0 fully saturated rings. The van der Waals surface area contributed by atoms with Gasteiger partial charge in [0.25, 0.3) is 5.91 Å². The average Bonchev–Trinajstić information content (AvgIpc) is 3.07. The van der Waals surface area contributed by atoms with Crippen LogP contribution < -0.4 is 24.6 Å². The van der Waals surface area contributed by atoms with Crippen molar-refractivity contribution >= 4 is 40.2 Å². The van der Waals surface area contributed by atoms with Crippen LogP contribution in [0.25, 0.3) is 10.2 Å². The largest absolute Gasteiger partial charge is 0.811 e. The number of rotatable bonds is 8. The van der Waals surface area contributed by atoms with Crippen molar-refractivity contribution in [2.45, 2.75) is 6.10 Å². The van der Waals surface area contributed by atoms with Crippen molar-refractivity contribution in [1.29, 1.82) is 0 Å². The Labute approximate surface area is 170 Å². The Morgan fingerprint density at radius 1 is 1.28 bits per heavy atom. The number of carbonyl (C=O) groups excluding carboxylic acids is 1. The molecule has 154 valence electrons. The van der Waals surface area contributed by atoms with Crippen molar-refractivity contribution in [1.82, 2.24) is 4.98 Å². The molecule has 0 aliphatic rings. The SMILES string of the molecule is COc1cc(C(O)CP(=O)([O-])[O-])ccc1OCC(=O)Nc1nc2ccccc2s1. The summed E-state index contributed by atoms with van der Waals surface area (Å²) in [5.41, 5.74) is 0.963. The van der Waals surface area contributed by atoms with E-state index in [9.17, 15) is 24.3 Å². The standard InChI is InChI=1S/C18H19N2O7PS/c1-26-15-8-11(13(21)10-28(23,24)25)6-7-14(15)27-9-17(22)20-18-19-12-4-2-3-5-16(12)29-18/h2-8,13,21H,9-10H2,1H3,(H,19,20,22)(H2,23,24,25)/p-2. The molecule has 1 amide bonds. The second-order valence-corrected chi connectivity index (χ2v) is 8.66. The maximum Gasteiger partial charge on any atom is 0.264 e. The maximum atomic E-state index is 12.1. The molecule has 3 rings (SSSR count). The van der Waals surface area contributed by atoms with Crippen LogP contribution in [0.2, 0.25) is 0 Å². The Hall–Kier alpha value is -2.49. The highest BCUT2D eigenvalue weighted by Gasteiger charge is 2.15. The third-order valence-corrected chi connectivity index (χ3v) is 5.61. The van der Waals surface area contributed by atoms with E-state index in [1.165, 1.54) is 36.6 Å². The highest BCUT2D eigenvalue weighted by atomic mass is 32.1. The summed E-state index contributed by atoms with van der Waals surface area (Å²) in [6.07, 6.45) is -2.41. The number of aliphatic hydroxyl groups is 1. The topological polar surface area (TPSA) is 144 Å². The number of hydrogen-bond acceptors (Lipinski definition) is 9. The molecular weight excluding hydrogens is 419 g/mol. The molecule has 2 aromatic carbocycles. The van der Waals surface area contributed by atoms with Gasteiger partial charge >= 0.3 is 0 Å². The van der Waals surface area contributed by atoms with Crippen molar-refractivity contribution in [2.75, 3.05) is 25.2 Å². The van der Waals surface area contributed by atoms with Gasteiger partial charge in [-0.1, -0.05) is 37.1 Å². The Morgan fingerprint density at radius 3 is 2.72 bits per heavy atom. The number of ether oxygens (including phenoxy) is 2. The molecule has 0 aliphatic carbocycles. The average molecular weight is 436 g/mol. The molecule has 0 saturated heterocycles. The second kappa shape index (κ2) is 8.89. The number of anilines is 1. The molecule has 1 aromatic heterocycles. The van der Waals surface area contributed by atoms with Gasteiger partial charge in [0.1, 0.15) is 0 Å². The Bertz CT molecular complexity index is 1030. The zero-order valence-corrected chi connectivity index (χ0v) is 16.9. The molecule has 0 aliphatic heterocycles. The first-order chi connectivity index (χ1) is 13.7. The van der Waals surface area contributed by atoms with Crippen LogP contribution in [0.15, 0.2) is 42.5 Å². The lowest BCUT2D eigenvalue weighted by Crippen LogP contribution is -2.21. The Morgan fingerprint density at radius 2 is 2.03 bits per heavy atom. The first kappa shape index (κ1) is 21.2. The minimum Gasteiger partial charge on any atom is -0.811 e. The minimum atomic E-state index is -4.87. The van der Waals surface area contributed by atoms with Crippen LogP contribution in [0, 0.1) is 0 Å². The number of thiazole rings is 1. The molecule has 1 heterocycles. The van der Waals surface area contributed by atoms with Gasteiger partial charge in [0, 0.05) is 6.16 Å². The van der Waals surface area contributed by atoms with Gasteiger partial charge in [-0.2, -0.15) is 0 Å². The summed E-state index contributed by atoms with van der Waals surface area (Å²) in [7, 11) is -3.52. The number of nitrogens with one attached hydrogen (secondary N) is 1. The fourth-order valence-electron chi connectivity index (χ4n) is 2.55. The molecule has 2 N–H and O–H groups in total. The van der Waals surface area contributed by atoms with E-state index in [0.29, 0.717) is 5.13 Å². The van der Waals surface area contributed by atoms with Gasteiger partial charge in [0.2, 0.25) is 0 Å². The number of carbonyl (C=O) groups is 1. The highest BCUT2D eigenvalue weighted by Crippen LogP contribution is 2.35. The molecular formula is C18H17N2O7PS-2. The van der Waals surface area contributed by atoms with Gasteiger partial charge in [-0.25, -0.2) is 4.98 Å². The number of para-hydroxylation sites is 1. The molecule has 0 saturated carbocycles. The lowest BCUT2D eigenvalue weighted by molar-refractivity contribution is -0.314. The van der Waals surface area contributed by atoms with E-state index >= 15 is 0 Å². The fourth-order valence-corrected chi connectivity index (χ4v) is 4.07. The number of hydrogen-bond donors (Lipinski definition) is 2. The van der Waals surface area contributed by atoms with Crippen LogP contribution in [-0.4, -0.2) is 35.9 Å². The monoisotopic (exact) mass is 436 g/mol. The van der Waals surface area contributed by atoms with Gasteiger partial charge in [-0.15, -0.1) is 0 Å². The van der Waals surface area contributed by atoms with Crippen LogP contribution >= 0.6 is 18.9 Å². The normalized spacial score (nSPS) is 12.6. The van der Waals surface area contributed by atoms with Gasteiger partial charge in [0.05, 0.1) is 23.4 Å². The maximum absolute atomic E-state index is 12.1. The van der Waals surface area contributed by atoms with Crippen molar-refractivity contribution in [2.24, 2.45) is 0 Å². The van der Waals surface area contributed by atoms with E-state index in [2.05, 4.69) is 10.3 Å². The summed E-state index contributed by atoms with van der Waals surface area (Å²) in [5, 5.41) is 13.0. The molecule has 29 heavy (non-hydrogen) atoms. The Balaban J connectivity index is 1.63. The number of amides is 1. The van der Waals surface area contributed by atoms with Gasteiger partial charge in [0.15, 0.2) is 23.2 Å². The third kappa shape index (κ3) is 5.75. The highest BCUT2D eigenvalue weighted by molar-refractivity contribution is 7.48. The molecule has 0 spiro atoms. The first-order valence-corrected chi connectivity index (χ1v) is 10.9. The molecule has 3 aromatic rings. The fraction of sp³-hybridized carbons (Fsp3) is 0.222. The van der Waals surface area contributed by atoms with E-state index in [-0.39, 0.29) is 23.7 Å². The third-order valence-electron chi connectivity index (χ3n) is 3.87. The number of aromatic nitrogens is 1. The van der Waals surface area contributed by atoms with Crippen LogP contribution in [0.5, 0.6) is 11.5 Å². The molecule has 9 nitrogen and oxygen atoms in total. The van der Waals surface area contributed by atoms with Gasteiger partial charge in [-0.05, 0) is 29.8 Å². The molecule has 11 heteroatoms. The predicted molar refractivity (Wildman–Crippen MR) is 104 cm³/mol. The molecule has 0 bridgehead atoms. The number of fused-ring (bicyclic) bond motifs is 1. The first-order valence-electron chi connectivity index (χ1n) is 8.40. The number of methoxy groups -OCH3 is 1. The van der Waals surface area contributed by atoms with Crippen LogP contribution in [0.1, 0.15) is 11.7 Å². The molecule has 0 radical (unpaired) electrons. The van der Waals surface area contributed by atoms with E-state index in [0.717, 1.165) is 10.2 Å². The summed E-state index contributed by atoms with van der Waals surface area (Å²) < 4.78 is 22.4. The Kier molecular flexibility index (Phi) is 6.51. The van der Waals surface area contributed by atoms with E-state index < -0.39 is 25.8 Å². The summed E-state index contributed by atoms with van der Waals surface area (Å²) in [4.78, 5) is 38.1. The van der Waals surface area contributed by atoms with Crippen LogP contribution in [0.4, 0.5) is 5.13 Å². The van der Waals surface area contributed by atoms with Crippen molar-refractivity contribution < 1.29 is 33.7 Å². The van der Waals surface area contributed by atoms with E-state index in [1.807, 2.05) is 24.3 Å². The summed E-state index contributed by atoms with van der Waals surface area (Å²) >= 11 is 1.34. The quantitative estimate of drug-likeness (QED) is 0.503. The second-order valence-electron chi connectivity index (χ2n) is 6.04. The number of nitrogens with zero attached hydrogens (tertiary/aromatic N) is 1. The predicted octanol–water partition coefficient (Wildman–Crippen LogP) is 1.27. The number of benzene rings is 2. The number of aliphatic hydroxyl groups excluding tert-OH is 1. The lowest BCUT2D eigenvalue weighted by Gasteiger charge is -2.31. The van der Waals surface area contributed by atoms with Crippen LogP contribution in [-0.2, 0) is 9.36 Å². The zero-order valence-electron chi connectivity index (χ0n) is 15.2. The van der Waals surface area contributed by atoms with Gasteiger partial charge in [-0.3, -0.25) is 10.1 Å². The van der Waals surface area contributed by atoms with E-state index in [4.69, 9.17) is 9.47 Å². The van der Waals surface area contributed by atoms with Gasteiger partial charge < -0.3 is 28.9 Å². The van der Waals surface area contributed by atoms with Crippen molar-refractivity contribution in [3.8, 4) is 11.5 Å². The van der Waals surface area contributed by atoms with Crippen molar-refractivity contribution in [3.63, 3.8) is 0 Å². The van der Waals surface area contributed by atoms with Crippen molar-refractivity contribution in [3.05, 3.63) is 48.0 Å². The molecule has 1 unspecified atom stereocenters. The molecule has 1 atom stereocenters. The lowest BCUT2D eigenvalue weighted by atomic mass is 10.1.